The fourth-order valence-corrected chi connectivity index (χ4v) is 3.56. The van der Waals surface area contributed by atoms with Gasteiger partial charge in [0.2, 0.25) is 0 Å². The first-order chi connectivity index (χ1) is 10.5. The van der Waals surface area contributed by atoms with Crippen LogP contribution in [0.25, 0.3) is 0 Å². The van der Waals surface area contributed by atoms with Crippen LogP contribution in [-0.2, 0) is 26.9 Å². The van der Waals surface area contributed by atoms with Crippen LogP contribution in [0.15, 0.2) is 35.5 Å². The summed E-state index contributed by atoms with van der Waals surface area (Å²) in [7, 11) is -3.74. The summed E-state index contributed by atoms with van der Waals surface area (Å²) in [4.78, 5) is 3.80. The van der Waals surface area contributed by atoms with Crippen molar-refractivity contribution in [3.05, 3.63) is 52.4 Å². The van der Waals surface area contributed by atoms with Gasteiger partial charge in [0, 0.05) is 17.3 Å². The molecule has 2 heterocycles. The molecule has 0 radical (unpaired) electrons. The van der Waals surface area contributed by atoms with Gasteiger partial charge in [-0.1, -0.05) is 11.6 Å². The summed E-state index contributed by atoms with van der Waals surface area (Å²) in [5.41, 5.74) is 0.732. The average Bonchev–Trinajstić information content (AvgIpc) is 2.47. The highest BCUT2D eigenvalue weighted by Gasteiger charge is 2.23. The number of hydrogen-bond donors (Lipinski definition) is 0. The van der Waals surface area contributed by atoms with Gasteiger partial charge in [-0.15, -0.1) is 0 Å². The largest absolute Gasteiger partial charge is 0.467 e. The van der Waals surface area contributed by atoms with Crippen molar-refractivity contribution in [2.45, 2.75) is 17.4 Å². The molecule has 0 unspecified atom stereocenters. The molecule has 0 saturated heterocycles. The van der Waals surface area contributed by atoms with E-state index >= 15 is 0 Å². The molecule has 0 amide bonds. The normalized spacial score (nSPS) is 14.3. The molecule has 5 nitrogen and oxygen atoms in total. The SMILES string of the molecule is O=S(=O)(Cc1cc(F)cc2c1OCOC2)c1ccc(Cl)cn1. The number of nitrogens with zero attached hydrogens (tertiary/aromatic N) is 1. The molecule has 1 aromatic heterocycles. The zero-order chi connectivity index (χ0) is 15.7. The minimum atomic E-state index is -3.74. The summed E-state index contributed by atoms with van der Waals surface area (Å²) in [5.74, 6) is -0.603. The van der Waals surface area contributed by atoms with E-state index in [1.807, 2.05) is 0 Å². The number of rotatable bonds is 3. The van der Waals surface area contributed by atoms with Crippen LogP contribution < -0.4 is 4.74 Å². The zero-order valence-corrected chi connectivity index (χ0v) is 12.8. The molecule has 8 heteroatoms. The van der Waals surface area contributed by atoms with Gasteiger partial charge in [-0.3, -0.25) is 0 Å². The first kappa shape index (κ1) is 15.2. The van der Waals surface area contributed by atoms with Crippen molar-refractivity contribution in [3.63, 3.8) is 0 Å². The average molecular weight is 344 g/mol. The molecule has 0 N–H and O–H groups in total. The summed E-state index contributed by atoms with van der Waals surface area (Å²) < 4.78 is 48.8. The first-order valence-electron chi connectivity index (χ1n) is 6.32. The summed E-state index contributed by atoms with van der Waals surface area (Å²) >= 11 is 5.70. The smallest absolute Gasteiger partial charge is 0.199 e. The molecule has 1 aromatic carbocycles. The summed E-state index contributed by atoms with van der Waals surface area (Å²) in [6, 6.07) is 5.17. The predicted octanol–water partition coefficient (Wildman–Crippen LogP) is 2.71. The van der Waals surface area contributed by atoms with Crippen molar-refractivity contribution in [2.24, 2.45) is 0 Å². The van der Waals surface area contributed by atoms with Crippen molar-refractivity contribution in [1.82, 2.24) is 4.98 Å². The molecule has 0 atom stereocenters. The maximum absolute atomic E-state index is 13.6. The van der Waals surface area contributed by atoms with Gasteiger partial charge >= 0.3 is 0 Å². The minimum absolute atomic E-state index is 0.00484. The van der Waals surface area contributed by atoms with E-state index in [0.29, 0.717) is 16.3 Å². The van der Waals surface area contributed by atoms with E-state index in [-0.39, 0.29) is 24.0 Å². The number of ether oxygens (including phenoxy) is 2. The van der Waals surface area contributed by atoms with E-state index < -0.39 is 21.4 Å². The molecular weight excluding hydrogens is 333 g/mol. The fraction of sp³-hybridized carbons (Fsp3) is 0.214. The van der Waals surface area contributed by atoms with E-state index in [0.717, 1.165) is 6.07 Å². The van der Waals surface area contributed by atoms with Gasteiger partial charge in [-0.05, 0) is 24.3 Å². The quantitative estimate of drug-likeness (QED) is 0.857. The maximum atomic E-state index is 13.6. The number of sulfone groups is 1. The van der Waals surface area contributed by atoms with Gasteiger partial charge in [0.1, 0.15) is 11.6 Å². The molecule has 1 aliphatic heterocycles. The lowest BCUT2D eigenvalue weighted by Gasteiger charge is -2.20. The molecule has 3 rings (SSSR count). The predicted molar refractivity (Wildman–Crippen MR) is 76.8 cm³/mol. The highest BCUT2D eigenvalue weighted by Crippen LogP contribution is 2.31. The second kappa shape index (κ2) is 5.83. The third kappa shape index (κ3) is 3.06. The number of fused-ring (bicyclic) bond motifs is 1. The second-order valence-electron chi connectivity index (χ2n) is 4.74. The summed E-state index contributed by atoms with van der Waals surface area (Å²) in [6.45, 7) is 0.185. The highest BCUT2D eigenvalue weighted by atomic mass is 35.5. The van der Waals surface area contributed by atoms with Crippen LogP contribution >= 0.6 is 11.6 Å². The van der Waals surface area contributed by atoms with Gasteiger partial charge in [0.25, 0.3) is 0 Å². The van der Waals surface area contributed by atoms with Gasteiger partial charge in [-0.25, -0.2) is 17.8 Å². The molecular formula is C14H11ClFNO4S. The third-order valence-electron chi connectivity index (χ3n) is 3.12. The molecule has 1 aliphatic rings. The van der Waals surface area contributed by atoms with Gasteiger partial charge < -0.3 is 9.47 Å². The standard InChI is InChI=1S/C14H11ClFNO4S/c15-11-1-2-13(17-5-11)22(18,19)7-10-4-12(16)3-9-6-20-8-21-14(9)10/h1-5H,6-8H2. The summed E-state index contributed by atoms with van der Waals surface area (Å²) in [6.07, 6.45) is 1.25. The molecule has 0 aliphatic carbocycles. The number of hydrogen-bond acceptors (Lipinski definition) is 5. The lowest BCUT2D eigenvalue weighted by atomic mass is 10.1. The van der Waals surface area contributed by atoms with Crippen LogP contribution in [0.2, 0.25) is 5.02 Å². The third-order valence-corrected chi connectivity index (χ3v) is 4.91. The Morgan fingerprint density at radius 3 is 2.86 bits per heavy atom. The Morgan fingerprint density at radius 1 is 1.32 bits per heavy atom. The topological polar surface area (TPSA) is 65.5 Å². The zero-order valence-electron chi connectivity index (χ0n) is 11.3. The number of aromatic nitrogens is 1. The Morgan fingerprint density at radius 2 is 2.14 bits per heavy atom. The van der Waals surface area contributed by atoms with E-state index in [2.05, 4.69) is 4.98 Å². The molecule has 0 spiro atoms. The van der Waals surface area contributed by atoms with Crippen molar-refractivity contribution in [2.75, 3.05) is 6.79 Å². The monoisotopic (exact) mass is 343 g/mol. The molecule has 0 bridgehead atoms. The Hall–Kier alpha value is -1.70. The molecule has 116 valence electrons. The van der Waals surface area contributed by atoms with Crippen LogP contribution in [0.1, 0.15) is 11.1 Å². The van der Waals surface area contributed by atoms with Crippen LogP contribution in [-0.4, -0.2) is 20.2 Å². The Balaban J connectivity index is 1.99. The van der Waals surface area contributed by atoms with Crippen molar-refractivity contribution in [1.29, 1.82) is 0 Å². The van der Waals surface area contributed by atoms with E-state index in [1.165, 1.54) is 24.4 Å². The van der Waals surface area contributed by atoms with Crippen molar-refractivity contribution < 1.29 is 22.3 Å². The van der Waals surface area contributed by atoms with E-state index in [4.69, 9.17) is 21.1 Å². The summed E-state index contributed by atoms with van der Waals surface area (Å²) in [5, 5.41) is 0.213. The van der Waals surface area contributed by atoms with E-state index in [9.17, 15) is 12.8 Å². The minimum Gasteiger partial charge on any atom is -0.467 e. The Labute approximate surface area is 131 Å². The lowest BCUT2D eigenvalue weighted by molar-refractivity contribution is -0.0171. The van der Waals surface area contributed by atoms with Crippen LogP contribution in [0.5, 0.6) is 5.75 Å². The Kier molecular flexibility index (Phi) is 4.03. The molecule has 22 heavy (non-hydrogen) atoms. The van der Waals surface area contributed by atoms with Crippen LogP contribution in [0, 0.1) is 5.82 Å². The number of pyridine rings is 1. The van der Waals surface area contributed by atoms with E-state index in [1.54, 1.807) is 0 Å². The lowest BCUT2D eigenvalue weighted by Crippen LogP contribution is -2.15. The fourth-order valence-electron chi connectivity index (χ4n) is 2.19. The molecule has 0 saturated carbocycles. The first-order valence-corrected chi connectivity index (χ1v) is 8.35. The van der Waals surface area contributed by atoms with Gasteiger partial charge in [0.05, 0.1) is 17.4 Å². The highest BCUT2D eigenvalue weighted by molar-refractivity contribution is 7.90. The number of halogens is 2. The van der Waals surface area contributed by atoms with Gasteiger partial charge in [0.15, 0.2) is 21.7 Å². The number of benzene rings is 1. The van der Waals surface area contributed by atoms with Gasteiger partial charge in [-0.2, -0.15) is 0 Å². The van der Waals surface area contributed by atoms with Crippen LogP contribution in [0.4, 0.5) is 4.39 Å². The van der Waals surface area contributed by atoms with Crippen molar-refractivity contribution in [3.8, 4) is 5.75 Å². The molecule has 2 aromatic rings. The Bertz CT molecular complexity index is 808. The van der Waals surface area contributed by atoms with Crippen molar-refractivity contribution >= 4 is 21.4 Å². The second-order valence-corrected chi connectivity index (χ2v) is 7.11. The maximum Gasteiger partial charge on any atom is 0.199 e. The molecule has 0 fully saturated rings. The van der Waals surface area contributed by atoms with Crippen LogP contribution in [0.3, 0.4) is 0 Å².